The van der Waals surface area contributed by atoms with Crippen molar-refractivity contribution in [1.29, 1.82) is 0 Å². The summed E-state index contributed by atoms with van der Waals surface area (Å²) in [5.41, 5.74) is 0. The number of piperidine rings is 1. The average molecular weight is 216 g/mol. The number of likely N-dealkylation sites (tertiary alicyclic amines) is 1. The molecule has 11 heavy (non-hydrogen) atoms. The summed E-state index contributed by atoms with van der Waals surface area (Å²) in [4.78, 5) is 2.56. The van der Waals surface area contributed by atoms with E-state index < -0.39 is 0 Å². The highest BCUT2D eigenvalue weighted by atomic mass is 79.9. The van der Waals surface area contributed by atoms with Crippen LogP contribution in [0, 0.1) is 5.92 Å². The van der Waals surface area contributed by atoms with E-state index in [1.807, 2.05) is 0 Å². The molecule has 2 heteroatoms. The van der Waals surface area contributed by atoms with Crippen LogP contribution in [0.3, 0.4) is 0 Å². The van der Waals surface area contributed by atoms with Gasteiger partial charge in [-0.2, -0.15) is 0 Å². The molecule has 0 bridgehead atoms. The van der Waals surface area contributed by atoms with Gasteiger partial charge in [-0.3, -0.25) is 4.90 Å². The molecular formula is C9H14BrN. The molecule has 2 atom stereocenters. The van der Waals surface area contributed by atoms with Crippen LogP contribution in [0.1, 0.15) is 19.3 Å². The molecule has 2 rings (SSSR count). The summed E-state index contributed by atoms with van der Waals surface area (Å²) < 4.78 is 1.13. The SMILES string of the molecule is C=C(Br)CN1CCC[C@@H]2C[C@@H]21. The molecule has 1 nitrogen and oxygen atoms in total. The fourth-order valence-corrected chi connectivity index (χ4v) is 2.45. The largest absolute Gasteiger partial charge is 0.295 e. The molecule has 0 spiro atoms. The first-order chi connectivity index (χ1) is 5.27. The average Bonchev–Trinajstić information content (AvgIpc) is 2.65. The third kappa shape index (κ3) is 1.67. The van der Waals surface area contributed by atoms with E-state index in [0.717, 1.165) is 23.0 Å². The zero-order valence-corrected chi connectivity index (χ0v) is 8.31. The minimum absolute atomic E-state index is 0.915. The van der Waals surface area contributed by atoms with Crippen LogP contribution < -0.4 is 0 Å². The van der Waals surface area contributed by atoms with Gasteiger partial charge in [-0.25, -0.2) is 0 Å². The third-order valence-corrected chi connectivity index (χ3v) is 3.00. The first kappa shape index (κ1) is 7.81. The Balaban J connectivity index is 1.88. The summed E-state index contributed by atoms with van der Waals surface area (Å²) in [6.45, 7) is 6.22. The van der Waals surface area contributed by atoms with Crippen molar-refractivity contribution in [2.45, 2.75) is 25.3 Å². The van der Waals surface area contributed by atoms with Crippen molar-refractivity contribution < 1.29 is 0 Å². The Morgan fingerprint density at radius 3 is 3.18 bits per heavy atom. The minimum Gasteiger partial charge on any atom is -0.295 e. The van der Waals surface area contributed by atoms with Crippen LogP contribution in [0.4, 0.5) is 0 Å². The molecule has 2 aliphatic rings. The Labute approximate surface area is 76.6 Å². The molecule has 1 saturated heterocycles. The van der Waals surface area contributed by atoms with E-state index >= 15 is 0 Å². The molecular weight excluding hydrogens is 202 g/mol. The van der Waals surface area contributed by atoms with Crippen LogP contribution in [0.2, 0.25) is 0 Å². The van der Waals surface area contributed by atoms with Gasteiger partial charge in [-0.1, -0.05) is 22.5 Å². The van der Waals surface area contributed by atoms with Crippen LogP contribution in [0.25, 0.3) is 0 Å². The Kier molecular flexibility index (Phi) is 2.06. The maximum Gasteiger partial charge on any atom is 0.0296 e. The lowest BCUT2D eigenvalue weighted by molar-refractivity contribution is 0.237. The lowest BCUT2D eigenvalue weighted by Gasteiger charge is -2.25. The second kappa shape index (κ2) is 2.91. The summed E-state index contributed by atoms with van der Waals surface area (Å²) in [5, 5.41) is 0. The van der Waals surface area contributed by atoms with Gasteiger partial charge >= 0.3 is 0 Å². The molecule has 0 aromatic heterocycles. The number of nitrogens with zero attached hydrogens (tertiary/aromatic N) is 1. The second-order valence-corrected chi connectivity index (χ2v) is 4.81. The van der Waals surface area contributed by atoms with E-state index in [-0.39, 0.29) is 0 Å². The molecule has 0 radical (unpaired) electrons. The zero-order chi connectivity index (χ0) is 7.84. The molecule has 0 amide bonds. The predicted molar refractivity (Wildman–Crippen MR) is 50.8 cm³/mol. The molecule has 0 aromatic rings. The molecule has 0 N–H and O–H groups in total. The second-order valence-electron chi connectivity index (χ2n) is 3.69. The van der Waals surface area contributed by atoms with Gasteiger partial charge in [0.25, 0.3) is 0 Å². The lowest BCUT2D eigenvalue weighted by atomic mass is 10.1. The number of halogens is 1. The molecule has 1 aliphatic heterocycles. The maximum atomic E-state index is 3.88. The van der Waals surface area contributed by atoms with Gasteiger partial charge in [0, 0.05) is 17.1 Å². The van der Waals surface area contributed by atoms with E-state index in [0.29, 0.717) is 0 Å². The monoisotopic (exact) mass is 215 g/mol. The molecule has 1 saturated carbocycles. The highest BCUT2D eigenvalue weighted by molar-refractivity contribution is 9.11. The van der Waals surface area contributed by atoms with E-state index in [4.69, 9.17) is 0 Å². The number of rotatable bonds is 2. The van der Waals surface area contributed by atoms with Gasteiger partial charge in [-0.15, -0.1) is 0 Å². The van der Waals surface area contributed by atoms with Gasteiger partial charge in [0.05, 0.1) is 0 Å². The standard InChI is InChI=1S/C9H14BrN/c1-7(10)6-11-4-2-3-8-5-9(8)11/h8-9H,1-6H2/t8-,9+/m1/s1. The van der Waals surface area contributed by atoms with Gasteiger partial charge in [0.15, 0.2) is 0 Å². The normalized spacial score (nSPS) is 36.5. The van der Waals surface area contributed by atoms with Crippen molar-refractivity contribution in [3.63, 3.8) is 0 Å². The summed E-state index contributed by atoms with van der Waals surface area (Å²) >= 11 is 3.42. The van der Waals surface area contributed by atoms with Gasteiger partial charge < -0.3 is 0 Å². The Bertz CT molecular complexity index is 178. The van der Waals surface area contributed by atoms with E-state index in [2.05, 4.69) is 27.4 Å². The number of hydrogen-bond acceptors (Lipinski definition) is 1. The van der Waals surface area contributed by atoms with Crippen LogP contribution in [0.5, 0.6) is 0 Å². The van der Waals surface area contributed by atoms with E-state index in [1.54, 1.807) is 0 Å². The summed E-state index contributed by atoms with van der Waals surface area (Å²) in [6.07, 6.45) is 4.30. The molecule has 0 aromatic carbocycles. The Morgan fingerprint density at radius 1 is 1.64 bits per heavy atom. The first-order valence-electron chi connectivity index (χ1n) is 4.34. The third-order valence-electron chi connectivity index (χ3n) is 2.75. The van der Waals surface area contributed by atoms with E-state index in [1.165, 1.54) is 25.8 Å². The van der Waals surface area contributed by atoms with Gasteiger partial charge in [0.2, 0.25) is 0 Å². The van der Waals surface area contributed by atoms with Crippen molar-refractivity contribution in [3.8, 4) is 0 Å². The molecule has 0 unspecified atom stereocenters. The van der Waals surface area contributed by atoms with E-state index in [9.17, 15) is 0 Å². The van der Waals surface area contributed by atoms with Crippen LogP contribution in [-0.4, -0.2) is 24.0 Å². The van der Waals surface area contributed by atoms with Crippen molar-refractivity contribution in [2.24, 2.45) is 5.92 Å². The quantitative estimate of drug-likeness (QED) is 0.684. The van der Waals surface area contributed by atoms with Crippen molar-refractivity contribution in [2.75, 3.05) is 13.1 Å². The highest BCUT2D eigenvalue weighted by Gasteiger charge is 2.43. The molecule has 1 aliphatic carbocycles. The predicted octanol–water partition coefficient (Wildman–Crippen LogP) is 2.38. The fraction of sp³-hybridized carbons (Fsp3) is 0.778. The maximum absolute atomic E-state index is 3.88. The first-order valence-corrected chi connectivity index (χ1v) is 5.14. The summed E-state index contributed by atoms with van der Waals surface area (Å²) in [7, 11) is 0. The van der Waals surface area contributed by atoms with Crippen LogP contribution in [0.15, 0.2) is 11.1 Å². The molecule has 2 fully saturated rings. The highest BCUT2D eigenvalue weighted by Crippen LogP contribution is 2.43. The van der Waals surface area contributed by atoms with Crippen molar-refractivity contribution in [1.82, 2.24) is 4.90 Å². The summed E-state index contributed by atoms with van der Waals surface area (Å²) in [6, 6.07) is 0.915. The zero-order valence-electron chi connectivity index (χ0n) is 6.72. The lowest BCUT2D eigenvalue weighted by Crippen LogP contribution is -2.32. The van der Waals surface area contributed by atoms with Crippen molar-refractivity contribution in [3.05, 3.63) is 11.1 Å². The van der Waals surface area contributed by atoms with Crippen LogP contribution in [-0.2, 0) is 0 Å². The molecule has 1 heterocycles. The van der Waals surface area contributed by atoms with Gasteiger partial charge in [-0.05, 0) is 31.7 Å². The minimum atomic E-state index is 0.915. The van der Waals surface area contributed by atoms with Gasteiger partial charge in [0.1, 0.15) is 0 Å². The smallest absolute Gasteiger partial charge is 0.0296 e. The van der Waals surface area contributed by atoms with Crippen LogP contribution >= 0.6 is 15.9 Å². The van der Waals surface area contributed by atoms with Crippen molar-refractivity contribution >= 4 is 15.9 Å². The Hall–Kier alpha value is 0.180. The molecule has 62 valence electrons. The Morgan fingerprint density at radius 2 is 2.45 bits per heavy atom. The number of fused-ring (bicyclic) bond motifs is 1. The summed E-state index contributed by atoms with van der Waals surface area (Å²) in [5.74, 6) is 1.04. The number of hydrogen-bond donors (Lipinski definition) is 0. The fourth-order valence-electron chi connectivity index (χ4n) is 2.13. The topological polar surface area (TPSA) is 3.24 Å².